The van der Waals surface area contributed by atoms with Crippen LogP contribution in [0.15, 0.2) is 43.5 Å². The van der Waals surface area contributed by atoms with Gasteiger partial charge in [-0.1, -0.05) is 24.8 Å². The maximum atomic E-state index is 14.6. The highest BCUT2D eigenvalue weighted by molar-refractivity contribution is 7.91. The quantitative estimate of drug-likeness (QED) is 0.207. The van der Waals surface area contributed by atoms with E-state index in [4.69, 9.17) is 9.47 Å². The summed E-state index contributed by atoms with van der Waals surface area (Å²) in [7, 11) is -3.96. The molecule has 3 heterocycles. The first-order valence-electron chi connectivity index (χ1n) is 18.6. The van der Waals surface area contributed by atoms with E-state index >= 15 is 0 Å². The summed E-state index contributed by atoms with van der Waals surface area (Å²) in [6.07, 6.45) is 3.40. The molecule has 0 aromatic heterocycles. The number of hydrogen-bond acceptors (Lipinski definition) is 10. The zero-order chi connectivity index (χ0) is 39.2. The summed E-state index contributed by atoms with van der Waals surface area (Å²) in [4.78, 5) is 85.1. The Morgan fingerprint density at radius 2 is 1.67 bits per heavy atom. The van der Waals surface area contributed by atoms with E-state index in [1.54, 1.807) is 12.1 Å². The molecule has 3 aliphatic heterocycles. The molecule has 55 heavy (non-hydrogen) atoms. The van der Waals surface area contributed by atoms with Gasteiger partial charge in [-0.05, 0) is 62.7 Å². The van der Waals surface area contributed by atoms with Crippen LogP contribution in [0.4, 0.5) is 14.0 Å². The molecular formula is C37H45FN6O10S. The highest BCUT2D eigenvalue weighted by atomic mass is 32.2. The Bertz CT molecular complexity index is 1910. The minimum absolute atomic E-state index is 0.0405. The number of carbonyl (C=O) groups is 6. The van der Waals surface area contributed by atoms with Crippen LogP contribution in [0.3, 0.4) is 0 Å². The molecule has 0 radical (unpaired) electrons. The van der Waals surface area contributed by atoms with Crippen LogP contribution in [0.2, 0.25) is 0 Å². The fraction of sp³-hybridized carbons (Fsp3) is 0.568. The van der Waals surface area contributed by atoms with E-state index in [2.05, 4.69) is 28.5 Å². The summed E-state index contributed by atoms with van der Waals surface area (Å²) in [5.74, 6) is -4.45. The van der Waals surface area contributed by atoms with Crippen molar-refractivity contribution in [3.63, 3.8) is 0 Å². The lowest BCUT2D eigenvalue weighted by Crippen LogP contribution is -2.64. The van der Waals surface area contributed by atoms with E-state index in [0.29, 0.717) is 36.8 Å². The fourth-order valence-electron chi connectivity index (χ4n) is 8.03. The number of sulfonamides is 1. The lowest BCUT2D eigenvalue weighted by Gasteiger charge is -2.43. The van der Waals surface area contributed by atoms with E-state index in [1.807, 2.05) is 0 Å². The van der Waals surface area contributed by atoms with Gasteiger partial charge in [0.1, 0.15) is 35.6 Å². The molecule has 7 rings (SSSR count). The Morgan fingerprint density at radius 1 is 0.945 bits per heavy atom. The van der Waals surface area contributed by atoms with Crippen molar-refractivity contribution in [3.05, 3.63) is 60.5 Å². The van der Waals surface area contributed by atoms with Crippen molar-refractivity contribution in [1.29, 1.82) is 0 Å². The van der Waals surface area contributed by atoms with Gasteiger partial charge in [-0.15, -0.1) is 6.58 Å². The number of benzene rings is 1. The first kappa shape index (κ1) is 38.3. The molecule has 6 aliphatic rings. The van der Waals surface area contributed by atoms with E-state index < -0.39 is 86.6 Å². The molecule has 296 valence electrons. The summed E-state index contributed by atoms with van der Waals surface area (Å²) >= 11 is 0. The smallest absolute Gasteiger partial charge is 0.410 e. The lowest BCUT2D eigenvalue weighted by atomic mass is 9.90. The number of fused-ring (bicyclic) bond motifs is 1. The second kappa shape index (κ2) is 14.9. The summed E-state index contributed by atoms with van der Waals surface area (Å²) < 4.78 is 53.3. The summed E-state index contributed by atoms with van der Waals surface area (Å²) in [5, 5.41) is 4.66. The van der Waals surface area contributed by atoms with Crippen molar-refractivity contribution in [2.24, 2.45) is 11.8 Å². The van der Waals surface area contributed by atoms with Crippen LogP contribution in [0.5, 0.6) is 0 Å². The van der Waals surface area contributed by atoms with Gasteiger partial charge >= 0.3 is 12.2 Å². The maximum absolute atomic E-state index is 14.6. The third-order valence-electron chi connectivity index (χ3n) is 11.5. The largest absolute Gasteiger partial charge is 0.446 e. The van der Waals surface area contributed by atoms with E-state index in [1.165, 1.54) is 26.8 Å². The van der Waals surface area contributed by atoms with Crippen molar-refractivity contribution >= 4 is 45.8 Å². The second-order valence-corrected chi connectivity index (χ2v) is 17.3. The number of nitrogens with zero attached hydrogens (tertiary/aromatic N) is 3. The van der Waals surface area contributed by atoms with Gasteiger partial charge in [0, 0.05) is 43.5 Å². The molecule has 3 N–H and O–H groups in total. The number of likely N-dealkylation sites (tertiary alicyclic amines) is 2. The standard InChI is InChI=1S/C37H45FN6O10S/c1-3-23-15-37(23,34(48)41-55(51,52)26-12-13-26)40-32(46)29-14-25(54-36(50)43-16-21-8-7-11-28(38)27(21)20-43)19-44(29)33(47)31(22-17-42(18-22)30(45)4-2)39-35(49)53-24-9-5-6-10-24/h3-4,7-8,11,22-26,29,31H,1-2,5-6,9-10,12-20H2,(H,39,49)(H,40,46)(H,41,48)/t23?,25?,29-,31?,37+/m0/s1. The monoisotopic (exact) mass is 784 g/mol. The van der Waals surface area contributed by atoms with Gasteiger partial charge in [0.2, 0.25) is 27.7 Å². The highest BCUT2D eigenvalue weighted by Gasteiger charge is 2.62. The molecule has 6 amide bonds. The molecule has 5 atom stereocenters. The van der Waals surface area contributed by atoms with Crippen molar-refractivity contribution in [1.82, 2.24) is 30.1 Å². The Labute approximate surface area is 317 Å². The molecule has 1 aromatic rings. The minimum Gasteiger partial charge on any atom is -0.446 e. The van der Waals surface area contributed by atoms with E-state index in [9.17, 15) is 41.6 Å². The first-order valence-corrected chi connectivity index (χ1v) is 20.2. The van der Waals surface area contributed by atoms with Gasteiger partial charge in [0.05, 0.1) is 18.3 Å². The van der Waals surface area contributed by atoms with Gasteiger partial charge in [-0.2, -0.15) is 0 Å². The van der Waals surface area contributed by atoms with Crippen LogP contribution in [0.25, 0.3) is 0 Å². The molecule has 5 fully saturated rings. The average Bonchev–Trinajstić information content (AvgIpc) is 3.92. The SMILES string of the molecule is C=CC(=O)N1CC(C(NC(=O)OC2CCCC2)C(=O)N2CC(OC(=O)N3Cc4cccc(F)c4C3)C[C@H]2C(=O)N[C@]2(C(=O)NS(=O)(=O)C3CC3)CC2C=C)C1. The minimum atomic E-state index is -3.96. The number of carbonyl (C=O) groups excluding carboxylic acids is 6. The van der Waals surface area contributed by atoms with Gasteiger partial charge in [-0.3, -0.25) is 28.8 Å². The van der Waals surface area contributed by atoms with Crippen LogP contribution in [-0.2, 0) is 51.8 Å². The molecule has 3 saturated carbocycles. The zero-order valence-electron chi connectivity index (χ0n) is 30.2. The van der Waals surface area contributed by atoms with Crippen LogP contribution < -0.4 is 15.4 Å². The van der Waals surface area contributed by atoms with Gasteiger partial charge < -0.3 is 29.9 Å². The first-order chi connectivity index (χ1) is 26.2. The Hall–Kier alpha value is -5.00. The third-order valence-corrected chi connectivity index (χ3v) is 13.4. The van der Waals surface area contributed by atoms with Crippen LogP contribution >= 0.6 is 0 Å². The van der Waals surface area contributed by atoms with Crippen LogP contribution in [0.1, 0.15) is 62.5 Å². The Balaban J connectivity index is 1.12. The Kier molecular flexibility index (Phi) is 10.4. The van der Waals surface area contributed by atoms with Crippen LogP contribution in [-0.4, -0.2) is 114 Å². The number of ether oxygens (including phenoxy) is 2. The lowest BCUT2D eigenvalue weighted by molar-refractivity contribution is -0.145. The number of alkyl carbamates (subject to hydrolysis) is 1. The average molecular weight is 785 g/mol. The fourth-order valence-corrected chi connectivity index (χ4v) is 9.40. The van der Waals surface area contributed by atoms with Crippen LogP contribution in [0, 0.1) is 17.7 Å². The van der Waals surface area contributed by atoms with Crippen molar-refractivity contribution in [3.8, 4) is 0 Å². The molecule has 1 aromatic carbocycles. The Morgan fingerprint density at radius 3 is 2.31 bits per heavy atom. The summed E-state index contributed by atoms with van der Waals surface area (Å²) in [6.45, 7) is 7.19. The number of nitrogens with one attached hydrogen (secondary N) is 3. The van der Waals surface area contributed by atoms with E-state index in [-0.39, 0.29) is 57.6 Å². The third kappa shape index (κ3) is 7.77. The molecule has 0 spiro atoms. The topological polar surface area (TPSA) is 201 Å². The normalized spacial score (nSPS) is 26.6. The predicted molar refractivity (Wildman–Crippen MR) is 191 cm³/mol. The number of rotatable bonds is 12. The molecule has 2 saturated heterocycles. The predicted octanol–water partition coefficient (Wildman–Crippen LogP) is 1.60. The van der Waals surface area contributed by atoms with Crippen molar-refractivity contribution in [2.45, 2.75) is 99.5 Å². The number of hydrogen-bond donors (Lipinski definition) is 3. The van der Waals surface area contributed by atoms with Gasteiger partial charge in [-0.25, -0.2) is 22.4 Å². The van der Waals surface area contributed by atoms with Crippen molar-refractivity contribution in [2.75, 3.05) is 19.6 Å². The summed E-state index contributed by atoms with van der Waals surface area (Å²) in [6, 6.07) is 1.95. The molecule has 16 nitrogen and oxygen atoms in total. The van der Waals surface area contributed by atoms with Gasteiger partial charge in [0.15, 0.2) is 0 Å². The number of halogens is 1. The zero-order valence-corrected chi connectivity index (χ0v) is 31.1. The van der Waals surface area contributed by atoms with Crippen molar-refractivity contribution < 1.29 is 51.0 Å². The molecule has 3 aliphatic carbocycles. The molecule has 0 bridgehead atoms. The maximum Gasteiger partial charge on any atom is 0.410 e. The van der Waals surface area contributed by atoms with E-state index in [0.717, 1.165) is 18.9 Å². The highest BCUT2D eigenvalue weighted by Crippen LogP contribution is 2.45. The summed E-state index contributed by atoms with van der Waals surface area (Å²) in [5.41, 5.74) is -0.678. The molecular weight excluding hydrogens is 740 g/mol. The van der Waals surface area contributed by atoms with Gasteiger partial charge in [0.25, 0.3) is 5.91 Å². The molecule has 3 unspecified atom stereocenters. The second-order valence-electron chi connectivity index (χ2n) is 15.3. The number of amides is 6. The molecule has 18 heteroatoms.